The quantitative estimate of drug-likeness (QED) is 0.678. The van der Waals surface area contributed by atoms with Crippen LogP contribution >= 0.6 is 0 Å². The molecule has 1 saturated heterocycles. The maximum absolute atomic E-state index is 4.12. The monoisotopic (exact) mass is 211 g/mol. The van der Waals surface area contributed by atoms with E-state index in [1.165, 1.54) is 25.2 Å². The SMILES string of the molecule is C=C(CNCC)CN1CCN(C)CC1C. The van der Waals surface area contributed by atoms with Crippen LogP contribution < -0.4 is 5.32 Å². The number of rotatable bonds is 5. The minimum Gasteiger partial charge on any atom is -0.313 e. The van der Waals surface area contributed by atoms with Crippen LogP contribution in [-0.4, -0.2) is 62.2 Å². The Hall–Kier alpha value is -0.380. The van der Waals surface area contributed by atoms with Crippen molar-refractivity contribution in [2.24, 2.45) is 0 Å². The van der Waals surface area contributed by atoms with Gasteiger partial charge in [-0.3, -0.25) is 4.90 Å². The van der Waals surface area contributed by atoms with Crippen molar-refractivity contribution in [2.75, 3.05) is 46.3 Å². The van der Waals surface area contributed by atoms with Crippen LogP contribution in [0.15, 0.2) is 12.2 Å². The second-order valence-electron chi connectivity index (χ2n) is 4.61. The van der Waals surface area contributed by atoms with E-state index in [0.29, 0.717) is 6.04 Å². The van der Waals surface area contributed by atoms with Crippen molar-refractivity contribution in [3.05, 3.63) is 12.2 Å². The molecule has 0 bridgehead atoms. The average Bonchev–Trinajstić information content (AvgIpc) is 2.19. The van der Waals surface area contributed by atoms with Crippen LogP contribution in [0.2, 0.25) is 0 Å². The Labute approximate surface area is 94.1 Å². The van der Waals surface area contributed by atoms with Gasteiger partial charge in [-0.1, -0.05) is 13.5 Å². The van der Waals surface area contributed by atoms with E-state index in [9.17, 15) is 0 Å². The highest BCUT2D eigenvalue weighted by Crippen LogP contribution is 2.09. The summed E-state index contributed by atoms with van der Waals surface area (Å²) in [5.41, 5.74) is 1.30. The number of likely N-dealkylation sites (N-methyl/N-ethyl adjacent to an activating group) is 2. The first kappa shape index (κ1) is 12.7. The molecule has 1 aliphatic rings. The van der Waals surface area contributed by atoms with Crippen molar-refractivity contribution < 1.29 is 0 Å². The Kier molecular flexibility index (Phi) is 5.29. The fraction of sp³-hybridized carbons (Fsp3) is 0.833. The van der Waals surface area contributed by atoms with Gasteiger partial charge in [0.25, 0.3) is 0 Å². The molecule has 0 spiro atoms. The topological polar surface area (TPSA) is 18.5 Å². The van der Waals surface area contributed by atoms with Gasteiger partial charge in [-0.25, -0.2) is 0 Å². The molecule has 15 heavy (non-hydrogen) atoms. The lowest BCUT2D eigenvalue weighted by molar-refractivity contribution is 0.109. The molecule has 1 aliphatic heterocycles. The molecular weight excluding hydrogens is 186 g/mol. The summed E-state index contributed by atoms with van der Waals surface area (Å²) < 4.78 is 0. The van der Waals surface area contributed by atoms with Gasteiger partial charge in [0, 0.05) is 38.8 Å². The summed E-state index contributed by atoms with van der Waals surface area (Å²) in [6.45, 7) is 15.1. The zero-order valence-corrected chi connectivity index (χ0v) is 10.4. The molecule has 0 radical (unpaired) electrons. The van der Waals surface area contributed by atoms with E-state index in [2.05, 4.69) is 42.6 Å². The van der Waals surface area contributed by atoms with Crippen LogP contribution in [0.1, 0.15) is 13.8 Å². The normalized spacial score (nSPS) is 24.3. The van der Waals surface area contributed by atoms with Crippen molar-refractivity contribution in [1.29, 1.82) is 0 Å². The number of nitrogens with one attached hydrogen (secondary N) is 1. The van der Waals surface area contributed by atoms with E-state index < -0.39 is 0 Å². The van der Waals surface area contributed by atoms with Gasteiger partial charge in [-0.15, -0.1) is 0 Å². The predicted molar refractivity (Wildman–Crippen MR) is 66.2 cm³/mol. The third kappa shape index (κ3) is 4.33. The molecule has 1 unspecified atom stereocenters. The fourth-order valence-corrected chi connectivity index (χ4v) is 2.06. The second kappa shape index (κ2) is 6.26. The summed E-state index contributed by atoms with van der Waals surface area (Å²) in [5, 5.41) is 3.32. The van der Waals surface area contributed by atoms with E-state index in [4.69, 9.17) is 0 Å². The van der Waals surface area contributed by atoms with E-state index in [-0.39, 0.29) is 0 Å². The zero-order chi connectivity index (χ0) is 11.3. The molecule has 1 heterocycles. The van der Waals surface area contributed by atoms with E-state index in [1.54, 1.807) is 0 Å². The first-order valence-electron chi connectivity index (χ1n) is 5.93. The zero-order valence-electron chi connectivity index (χ0n) is 10.4. The fourth-order valence-electron chi connectivity index (χ4n) is 2.06. The van der Waals surface area contributed by atoms with Crippen molar-refractivity contribution in [2.45, 2.75) is 19.9 Å². The molecule has 1 atom stereocenters. The lowest BCUT2D eigenvalue weighted by Gasteiger charge is -2.38. The van der Waals surface area contributed by atoms with Crippen LogP contribution in [0.4, 0.5) is 0 Å². The van der Waals surface area contributed by atoms with Crippen molar-refractivity contribution in [3.8, 4) is 0 Å². The lowest BCUT2D eigenvalue weighted by Crippen LogP contribution is -2.51. The van der Waals surface area contributed by atoms with E-state index in [0.717, 1.165) is 19.6 Å². The molecule has 0 saturated carbocycles. The Morgan fingerprint density at radius 2 is 2.20 bits per heavy atom. The minimum atomic E-state index is 0.655. The maximum atomic E-state index is 4.12. The average molecular weight is 211 g/mol. The molecule has 88 valence electrons. The first-order valence-corrected chi connectivity index (χ1v) is 5.93. The van der Waals surface area contributed by atoms with Crippen LogP contribution in [0.5, 0.6) is 0 Å². The van der Waals surface area contributed by atoms with Gasteiger partial charge in [0.15, 0.2) is 0 Å². The van der Waals surface area contributed by atoms with Gasteiger partial charge in [-0.2, -0.15) is 0 Å². The van der Waals surface area contributed by atoms with Crippen LogP contribution in [0, 0.1) is 0 Å². The molecular formula is C12H25N3. The summed E-state index contributed by atoms with van der Waals surface area (Å²) in [7, 11) is 2.20. The third-order valence-electron chi connectivity index (χ3n) is 3.02. The largest absolute Gasteiger partial charge is 0.313 e. The van der Waals surface area contributed by atoms with Gasteiger partial charge in [-0.05, 0) is 26.1 Å². The number of hydrogen-bond donors (Lipinski definition) is 1. The van der Waals surface area contributed by atoms with Crippen LogP contribution in [-0.2, 0) is 0 Å². The molecule has 1 fully saturated rings. The Morgan fingerprint density at radius 3 is 2.80 bits per heavy atom. The van der Waals surface area contributed by atoms with Crippen molar-refractivity contribution >= 4 is 0 Å². The standard InChI is InChI=1S/C12H25N3/c1-5-13-8-11(2)9-15-7-6-14(4)10-12(15)3/h12-13H,2,5-10H2,1,3-4H3. The molecule has 0 aromatic heterocycles. The predicted octanol–water partition coefficient (Wildman–Crippen LogP) is 0.788. The van der Waals surface area contributed by atoms with Gasteiger partial charge in [0.2, 0.25) is 0 Å². The van der Waals surface area contributed by atoms with E-state index >= 15 is 0 Å². The molecule has 1 rings (SSSR count). The Balaban J connectivity index is 2.28. The highest BCUT2D eigenvalue weighted by Gasteiger charge is 2.21. The summed E-state index contributed by atoms with van der Waals surface area (Å²) in [6, 6.07) is 0.655. The maximum Gasteiger partial charge on any atom is 0.0206 e. The van der Waals surface area contributed by atoms with Crippen LogP contribution in [0.3, 0.4) is 0 Å². The number of nitrogens with zero attached hydrogens (tertiary/aromatic N) is 2. The van der Waals surface area contributed by atoms with Gasteiger partial charge in [0.05, 0.1) is 0 Å². The summed E-state index contributed by atoms with van der Waals surface area (Å²) in [6.07, 6.45) is 0. The van der Waals surface area contributed by atoms with Gasteiger partial charge < -0.3 is 10.2 Å². The molecule has 3 heteroatoms. The Morgan fingerprint density at radius 1 is 1.47 bits per heavy atom. The smallest absolute Gasteiger partial charge is 0.0206 e. The molecule has 0 aromatic carbocycles. The molecule has 1 N–H and O–H groups in total. The molecule has 0 amide bonds. The Bertz CT molecular complexity index is 203. The molecule has 0 aromatic rings. The van der Waals surface area contributed by atoms with Crippen molar-refractivity contribution in [1.82, 2.24) is 15.1 Å². The van der Waals surface area contributed by atoms with E-state index in [1.807, 2.05) is 0 Å². The highest BCUT2D eigenvalue weighted by atomic mass is 15.3. The first-order chi connectivity index (χ1) is 7.13. The summed E-state index contributed by atoms with van der Waals surface area (Å²) in [4.78, 5) is 4.92. The van der Waals surface area contributed by atoms with Gasteiger partial charge in [0.1, 0.15) is 0 Å². The number of piperazine rings is 1. The van der Waals surface area contributed by atoms with Crippen molar-refractivity contribution in [3.63, 3.8) is 0 Å². The molecule has 0 aliphatic carbocycles. The van der Waals surface area contributed by atoms with Crippen LogP contribution in [0.25, 0.3) is 0 Å². The number of hydrogen-bond acceptors (Lipinski definition) is 3. The third-order valence-corrected chi connectivity index (χ3v) is 3.02. The molecule has 3 nitrogen and oxygen atoms in total. The second-order valence-corrected chi connectivity index (χ2v) is 4.61. The summed E-state index contributed by atoms with van der Waals surface area (Å²) >= 11 is 0. The minimum absolute atomic E-state index is 0.655. The lowest BCUT2D eigenvalue weighted by atomic mass is 10.1. The highest BCUT2D eigenvalue weighted by molar-refractivity contribution is 5.01. The summed E-state index contributed by atoms with van der Waals surface area (Å²) in [5.74, 6) is 0. The van der Waals surface area contributed by atoms with Gasteiger partial charge >= 0.3 is 0 Å².